The third-order valence-corrected chi connectivity index (χ3v) is 3.08. The van der Waals surface area contributed by atoms with E-state index in [2.05, 4.69) is 37.7 Å². The number of nitrogens with one attached hydrogen (secondary N) is 1. The van der Waals surface area contributed by atoms with Crippen LogP contribution in [0.5, 0.6) is 0 Å². The molecule has 72 valence electrons. The first-order valence-electron chi connectivity index (χ1n) is 3.62. The van der Waals surface area contributed by atoms with Crippen LogP contribution in [0.25, 0.3) is 5.82 Å². The van der Waals surface area contributed by atoms with Crippen LogP contribution in [-0.4, -0.2) is 19.7 Å². The third kappa shape index (κ3) is 1.82. The number of hydrogen-bond donors (Lipinski definition) is 1. The molecule has 2 aromatic rings. The van der Waals surface area contributed by atoms with Crippen LogP contribution < -0.4 is 5.56 Å². The molecule has 0 aliphatic carbocycles. The van der Waals surface area contributed by atoms with Crippen LogP contribution in [-0.2, 0) is 0 Å². The Morgan fingerprint density at radius 2 is 2.21 bits per heavy atom. The summed E-state index contributed by atoms with van der Waals surface area (Å²) < 4.78 is 3.11. The zero-order valence-electron chi connectivity index (χ0n) is 6.74. The van der Waals surface area contributed by atoms with Crippen LogP contribution in [0.3, 0.4) is 0 Å². The van der Waals surface area contributed by atoms with Gasteiger partial charge in [0.2, 0.25) is 0 Å². The van der Waals surface area contributed by atoms with Crippen LogP contribution in [0, 0.1) is 7.14 Å². The van der Waals surface area contributed by atoms with Gasteiger partial charge in [0.15, 0.2) is 5.82 Å². The van der Waals surface area contributed by atoms with Crippen molar-refractivity contribution in [3.05, 3.63) is 36.2 Å². The van der Waals surface area contributed by atoms with Gasteiger partial charge >= 0.3 is 0 Å². The standard InChI is InChI=1S/C7H4I2N4O/c8-4-1-12-13(2-4)6-5(9)7(14)11-3-10-6/h1-3H,(H,10,11,14). The number of aromatic nitrogens is 4. The van der Waals surface area contributed by atoms with Crippen molar-refractivity contribution in [3.63, 3.8) is 0 Å². The van der Waals surface area contributed by atoms with Crippen LogP contribution in [0.2, 0.25) is 0 Å². The lowest BCUT2D eigenvalue weighted by atomic mass is 10.6. The number of halogens is 2. The summed E-state index contributed by atoms with van der Waals surface area (Å²) in [4.78, 5) is 17.8. The quantitative estimate of drug-likeness (QED) is 0.714. The lowest BCUT2D eigenvalue weighted by Crippen LogP contribution is -2.15. The lowest BCUT2D eigenvalue weighted by Gasteiger charge is -2.00. The summed E-state index contributed by atoms with van der Waals surface area (Å²) in [6.45, 7) is 0. The molecule has 0 aliphatic heterocycles. The molecule has 0 spiro atoms. The first-order chi connectivity index (χ1) is 6.68. The molecule has 0 amide bonds. The highest BCUT2D eigenvalue weighted by Crippen LogP contribution is 2.10. The maximum Gasteiger partial charge on any atom is 0.266 e. The SMILES string of the molecule is O=c1[nH]cnc(-n2cc(I)cn2)c1I. The molecule has 0 bridgehead atoms. The highest BCUT2D eigenvalue weighted by Gasteiger charge is 2.07. The van der Waals surface area contributed by atoms with E-state index in [0.717, 1.165) is 3.57 Å². The van der Waals surface area contributed by atoms with E-state index in [4.69, 9.17) is 0 Å². The molecular formula is C7H4I2N4O. The van der Waals surface area contributed by atoms with Gasteiger partial charge in [-0.3, -0.25) is 4.79 Å². The minimum atomic E-state index is -0.152. The number of hydrogen-bond acceptors (Lipinski definition) is 3. The van der Waals surface area contributed by atoms with E-state index in [1.54, 1.807) is 10.9 Å². The molecule has 0 atom stereocenters. The Labute approximate surface area is 106 Å². The molecular weight excluding hydrogens is 410 g/mol. The molecule has 0 aliphatic rings. The minimum Gasteiger partial charge on any atom is -0.312 e. The van der Waals surface area contributed by atoms with Crippen molar-refractivity contribution in [2.75, 3.05) is 0 Å². The van der Waals surface area contributed by atoms with E-state index in [1.165, 1.54) is 6.33 Å². The predicted molar refractivity (Wildman–Crippen MR) is 67.4 cm³/mol. The Hall–Kier alpha value is -0.450. The Kier molecular flexibility index (Phi) is 2.85. The van der Waals surface area contributed by atoms with Gasteiger partial charge in [-0.05, 0) is 45.2 Å². The molecule has 0 saturated carbocycles. The highest BCUT2D eigenvalue weighted by atomic mass is 127. The Morgan fingerprint density at radius 3 is 2.86 bits per heavy atom. The largest absolute Gasteiger partial charge is 0.312 e. The summed E-state index contributed by atoms with van der Waals surface area (Å²) >= 11 is 4.10. The fraction of sp³-hybridized carbons (Fsp3) is 0. The fourth-order valence-electron chi connectivity index (χ4n) is 0.950. The van der Waals surface area contributed by atoms with E-state index < -0.39 is 0 Å². The van der Waals surface area contributed by atoms with Crippen molar-refractivity contribution in [1.82, 2.24) is 19.7 Å². The molecule has 0 fully saturated rings. The Balaban J connectivity index is 2.63. The van der Waals surface area contributed by atoms with Crippen LogP contribution in [0.4, 0.5) is 0 Å². The summed E-state index contributed by atoms with van der Waals surface area (Å²) in [5.74, 6) is 0.553. The molecule has 14 heavy (non-hydrogen) atoms. The Bertz CT molecular complexity index is 518. The van der Waals surface area contributed by atoms with E-state index in [0.29, 0.717) is 9.39 Å². The molecule has 5 nitrogen and oxygen atoms in total. The van der Waals surface area contributed by atoms with Crippen molar-refractivity contribution in [1.29, 1.82) is 0 Å². The van der Waals surface area contributed by atoms with Crippen LogP contribution in [0.15, 0.2) is 23.5 Å². The summed E-state index contributed by atoms with van der Waals surface area (Å²) in [7, 11) is 0. The van der Waals surface area contributed by atoms with Gasteiger partial charge in [0.25, 0.3) is 5.56 Å². The average Bonchev–Trinajstić information content (AvgIpc) is 2.57. The molecule has 0 aromatic carbocycles. The zero-order chi connectivity index (χ0) is 10.1. The van der Waals surface area contributed by atoms with Crippen molar-refractivity contribution in [2.45, 2.75) is 0 Å². The molecule has 2 heterocycles. The second kappa shape index (κ2) is 3.96. The van der Waals surface area contributed by atoms with E-state index >= 15 is 0 Å². The molecule has 1 N–H and O–H groups in total. The van der Waals surface area contributed by atoms with Crippen molar-refractivity contribution in [2.24, 2.45) is 0 Å². The van der Waals surface area contributed by atoms with Crippen molar-refractivity contribution in [3.8, 4) is 5.82 Å². The van der Waals surface area contributed by atoms with Gasteiger partial charge in [0.1, 0.15) is 3.57 Å². The average molecular weight is 414 g/mol. The molecule has 0 saturated heterocycles. The monoisotopic (exact) mass is 414 g/mol. The number of nitrogens with zero attached hydrogens (tertiary/aromatic N) is 3. The second-order valence-electron chi connectivity index (χ2n) is 2.47. The lowest BCUT2D eigenvalue weighted by molar-refractivity contribution is 0.827. The minimum absolute atomic E-state index is 0.152. The predicted octanol–water partition coefficient (Wildman–Crippen LogP) is 1.16. The van der Waals surface area contributed by atoms with Crippen molar-refractivity contribution < 1.29 is 0 Å². The van der Waals surface area contributed by atoms with Gasteiger partial charge in [-0.25, -0.2) is 9.67 Å². The highest BCUT2D eigenvalue weighted by molar-refractivity contribution is 14.1. The first kappa shape index (κ1) is 10.1. The summed E-state index contributed by atoms with van der Waals surface area (Å²) in [5.41, 5.74) is -0.152. The number of aromatic amines is 1. The number of rotatable bonds is 1. The molecule has 0 radical (unpaired) electrons. The van der Waals surface area contributed by atoms with Crippen molar-refractivity contribution >= 4 is 45.2 Å². The maximum atomic E-state index is 11.3. The Morgan fingerprint density at radius 1 is 1.43 bits per heavy atom. The summed E-state index contributed by atoms with van der Waals surface area (Å²) in [5, 5.41) is 4.08. The molecule has 2 rings (SSSR count). The maximum absolute atomic E-state index is 11.3. The van der Waals surface area contributed by atoms with Gasteiger partial charge in [-0.2, -0.15) is 5.10 Å². The third-order valence-electron chi connectivity index (χ3n) is 1.55. The van der Waals surface area contributed by atoms with E-state index in [-0.39, 0.29) is 5.56 Å². The normalized spacial score (nSPS) is 10.4. The topological polar surface area (TPSA) is 63.6 Å². The first-order valence-corrected chi connectivity index (χ1v) is 5.78. The van der Waals surface area contributed by atoms with E-state index in [9.17, 15) is 4.79 Å². The van der Waals surface area contributed by atoms with E-state index in [1.807, 2.05) is 28.8 Å². The summed E-state index contributed by atoms with van der Waals surface area (Å²) in [6, 6.07) is 0. The van der Waals surface area contributed by atoms with Crippen LogP contribution in [0.1, 0.15) is 0 Å². The van der Waals surface area contributed by atoms with Crippen LogP contribution >= 0.6 is 45.2 Å². The summed E-state index contributed by atoms with van der Waals surface area (Å²) in [6.07, 6.45) is 4.89. The van der Waals surface area contributed by atoms with Gasteiger partial charge in [-0.1, -0.05) is 0 Å². The van der Waals surface area contributed by atoms with Gasteiger partial charge in [-0.15, -0.1) is 0 Å². The molecule has 2 aromatic heterocycles. The smallest absolute Gasteiger partial charge is 0.266 e. The molecule has 0 unspecified atom stereocenters. The number of H-pyrrole nitrogens is 1. The molecule has 7 heteroatoms. The van der Waals surface area contributed by atoms with Gasteiger partial charge < -0.3 is 4.98 Å². The second-order valence-corrected chi connectivity index (χ2v) is 4.80. The van der Waals surface area contributed by atoms with Gasteiger partial charge in [0, 0.05) is 6.20 Å². The zero-order valence-corrected chi connectivity index (χ0v) is 11.1. The van der Waals surface area contributed by atoms with Gasteiger partial charge in [0.05, 0.1) is 16.1 Å². The fourth-order valence-corrected chi connectivity index (χ4v) is 1.88.